The number of carbonyl (C=O) groups excluding carboxylic acids is 1. The predicted molar refractivity (Wildman–Crippen MR) is 93.2 cm³/mol. The molecule has 0 fully saturated rings. The Labute approximate surface area is 133 Å². The molecule has 0 N–H and O–H groups in total. The van der Waals surface area contributed by atoms with Gasteiger partial charge in [0.05, 0.1) is 0 Å². The topological polar surface area (TPSA) is 20.3 Å². The van der Waals surface area contributed by atoms with E-state index in [0.717, 1.165) is 23.2 Å². The smallest absolute Gasteiger partial charge is 0.167 e. The summed E-state index contributed by atoms with van der Waals surface area (Å²) in [6.07, 6.45) is 4.65. The summed E-state index contributed by atoms with van der Waals surface area (Å²) in [5, 5.41) is 0. The van der Waals surface area contributed by atoms with Crippen molar-refractivity contribution in [2.24, 2.45) is 0 Å². The summed E-state index contributed by atoms with van der Waals surface area (Å²) in [5.41, 5.74) is 4.16. The van der Waals surface area contributed by atoms with E-state index in [1.54, 1.807) is 0 Å². The molecule has 0 radical (unpaired) electrons. The van der Waals surface area contributed by atoms with Crippen LogP contribution in [0.3, 0.4) is 0 Å². The number of hydrogen-bond donors (Lipinski definition) is 0. The summed E-state index contributed by atoms with van der Waals surface area (Å²) in [5.74, 6) is 0.160. The van der Waals surface area contributed by atoms with Gasteiger partial charge in [-0.15, -0.1) is 0 Å². The van der Waals surface area contributed by atoms with E-state index in [-0.39, 0.29) is 5.78 Å². The lowest BCUT2D eigenvalue weighted by Gasteiger charge is -2.04. The van der Waals surface area contributed by atoms with Gasteiger partial charge in [0.25, 0.3) is 0 Å². The van der Waals surface area contributed by atoms with Crippen LogP contribution in [0.1, 0.15) is 27.0 Å². The molecule has 0 saturated heterocycles. The summed E-state index contributed by atoms with van der Waals surface area (Å²) < 4.78 is 0. The zero-order chi connectivity index (χ0) is 15.9. The van der Waals surface area contributed by atoms with Crippen LogP contribution >= 0.6 is 0 Å². The van der Waals surface area contributed by atoms with Gasteiger partial charge >= 0.3 is 0 Å². The molecule has 2 rings (SSSR count). The molecule has 0 aromatic heterocycles. The van der Waals surface area contributed by atoms with Crippen LogP contribution in [0.15, 0.2) is 54.6 Å². The van der Waals surface area contributed by atoms with Crippen molar-refractivity contribution < 1.29 is 4.79 Å². The second-order valence-corrected chi connectivity index (χ2v) is 5.87. The van der Waals surface area contributed by atoms with Crippen LogP contribution in [0.4, 0.5) is 0 Å². The second kappa shape index (κ2) is 7.71. The van der Waals surface area contributed by atoms with Crippen molar-refractivity contribution in [3.63, 3.8) is 0 Å². The third-order valence-corrected chi connectivity index (χ3v) is 3.50. The molecular weight excluding hydrogens is 270 g/mol. The number of aryl methyl sites for hydroxylation is 1. The molecule has 2 heteroatoms. The van der Waals surface area contributed by atoms with Gasteiger partial charge in [-0.1, -0.05) is 66.2 Å². The average molecular weight is 293 g/mol. The summed E-state index contributed by atoms with van der Waals surface area (Å²) in [6, 6.07) is 15.9. The number of carbonyl (C=O) groups is 1. The molecule has 0 saturated carbocycles. The first kappa shape index (κ1) is 16.2. The van der Waals surface area contributed by atoms with E-state index < -0.39 is 0 Å². The Morgan fingerprint density at radius 1 is 1.00 bits per heavy atom. The summed E-state index contributed by atoms with van der Waals surface area (Å²) >= 11 is 0. The van der Waals surface area contributed by atoms with E-state index in [2.05, 4.69) is 17.1 Å². The number of likely N-dealkylation sites (N-methyl/N-ethyl adjacent to an activating group) is 1. The molecule has 0 bridgehead atoms. The first-order chi connectivity index (χ1) is 10.5. The molecule has 2 aromatic rings. The van der Waals surface area contributed by atoms with Gasteiger partial charge in [0.1, 0.15) is 0 Å². The Morgan fingerprint density at radius 2 is 1.64 bits per heavy atom. The number of Topliss-reactive ketones (excluding diaryl/α,β-unsaturated/α-hetero) is 1. The van der Waals surface area contributed by atoms with Crippen LogP contribution in [-0.2, 0) is 6.42 Å². The van der Waals surface area contributed by atoms with Crippen LogP contribution in [0.2, 0.25) is 0 Å². The third-order valence-electron chi connectivity index (χ3n) is 3.50. The minimum absolute atomic E-state index is 0.160. The maximum Gasteiger partial charge on any atom is 0.167 e. The molecule has 2 aromatic carbocycles. The van der Waals surface area contributed by atoms with Gasteiger partial charge in [0.15, 0.2) is 5.78 Å². The molecular formula is C20H23NO. The van der Waals surface area contributed by atoms with Crippen LogP contribution in [0, 0.1) is 6.92 Å². The minimum atomic E-state index is 0.160. The zero-order valence-corrected chi connectivity index (χ0v) is 13.5. The molecule has 0 unspecified atom stereocenters. The van der Waals surface area contributed by atoms with Crippen molar-refractivity contribution in [3.05, 3.63) is 76.9 Å². The number of ketones is 1. The molecule has 0 aliphatic carbocycles. The lowest BCUT2D eigenvalue weighted by atomic mass is 10.0. The van der Waals surface area contributed by atoms with Gasteiger partial charge in [-0.2, -0.15) is 0 Å². The fraction of sp³-hybridized carbons (Fsp3) is 0.250. The van der Waals surface area contributed by atoms with Crippen LogP contribution < -0.4 is 0 Å². The second-order valence-electron chi connectivity index (χ2n) is 5.87. The summed E-state index contributed by atoms with van der Waals surface area (Å²) in [7, 11) is 4.08. The van der Waals surface area contributed by atoms with E-state index >= 15 is 0 Å². The van der Waals surface area contributed by atoms with Gasteiger partial charge in [-0.25, -0.2) is 0 Å². The molecule has 0 atom stereocenters. The van der Waals surface area contributed by atoms with Crippen molar-refractivity contribution >= 4 is 11.9 Å². The Bertz CT molecular complexity index is 636. The lowest BCUT2D eigenvalue weighted by Crippen LogP contribution is -2.10. The van der Waals surface area contributed by atoms with Crippen molar-refractivity contribution in [1.29, 1.82) is 0 Å². The van der Waals surface area contributed by atoms with Gasteiger partial charge in [0.2, 0.25) is 0 Å². The minimum Gasteiger partial charge on any atom is -0.306 e. The number of rotatable bonds is 6. The van der Waals surface area contributed by atoms with Crippen LogP contribution in [0.25, 0.3) is 6.08 Å². The number of nitrogens with zero attached hydrogens (tertiary/aromatic N) is 1. The molecule has 0 aliphatic heterocycles. The van der Waals surface area contributed by atoms with Crippen LogP contribution in [-0.4, -0.2) is 31.3 Å². The first-order valence-electron chi connectivity index (χ1n) is 7.54. The molecule has 0 heterocycles. The molecule has 0 aliphatic rings. The maximum atomic E-state index is 12.3. The number of benzene rings is 2. The van der Waals surface area contributed by atoms with Gasteiger partial charge in [-0.05, 0) is 32.1 Å². The average Bonchev–Trinajstić information content (AvgIpc) is 2.50. The summed E-state index contributed by atoms with van der Waals surface area (Å²) in [6.45, 7) is 2.96. The SMILES string of the molecule is Cc1ccc(CC(=O)c2ccc(C=CCN(C)C)cc2)cc1. The van der Waals surface area contributed by atoms with Gasteiger partial charge in [-0.3, -0.25) is 4.79 Å². The third kappa shape index (κ3) is 4.97. The molecule has 0 amide bonds. The maximum absolute atomic E-state index is 12.3. The molecule has 0 spiro atoms. The fourth-order valence-corrected chi connectivity index (χ4v) is 2.17. The molecule has 2 nitrogen and oxygen atoms in total. The highest BCUT2D eigenvalue weighted by Crippen LogP contribution is 2.11. The van der Waals surface area contributed by atoms with E-state index in [0.29, 0.717) is 6.42 Å². The highest BCUT2D eigenvalue weighted by molar-refractivity contribution is 5.97. The highest BCUT2D eigenvalue weighted by atomic mass is 16.1. The van der Waals surface area contributed by atoms with Crippen molar-refractivity contribution in [3.8, 4) is 0 Å². The first-order valence-corrected chi connectivity index (χ1v) is 7.54. The normalized spacial score (nSPS) is 11.3. The Hall–Kier alpha value is -2.19. The van der Waals surface area contributed by atoms with Crippen molar-refractivity contribution in [1.82, 2.24) is 4.90 Å². The predicted octanol–water partition coefficient (Wildman–Crippen LogP) is 4.00. The van der Waals surface area contributed by atoms with Crippen molar-refractivity contribution in [2.75, 3.05) is 20.6 Å². The Morgan fingerprint density at radius 3 is 2.23 bits per heavy atom. The van der Waals surface area contributed by atoms with E-state index in [1.165, 1.54) is 5.56 Å². The van der Waals surface area contributed by atoms with E-state index in [9.17, 15) is 4.79 Å². The van der Waals surface area contributed by atoms with Crippen LogP contribution in [0.5, 0.6) is 0 Å². The number of hydrogen-bond acceptors (Lipinski definition) is 2. The summed E-state index contributed by atoms with van der Waals surface area (Å²) in [4.78, 5) is 14.4. The fourth-order valence-electron chi connectivity index (χ4n) is 2.17. The highest BCUT2D eigenvalue weighted by Gasteiger charge is 2.06. The molecule has 22 heavy (non-hydrogen) atoms. The standard InChI is InChI=1S/C20H23NO/c1-16-6-8-18(9-7-16)15-20(22)19-12-10-17(11-13-19)5-4-14-21(2)3/h4-13H,14-15H2,1-3H3. The Balaban J connectivity index is 1.99. The van der Waals surface area contributed by atoms with Gasteiger partial charge in [0, 0.05) is 18.5 Å². The zero-order valence-electron chi connectivity index (χ0n) is 13.5. The van der Waals surface area contributed by atoms with Gasteiger partial charge < -0.3 is 4.90 Å². The molecule has 114 valence electrons. The lowest BCUT2D eigenvalue weighted by molar-refractivity contribution is 0.0993. The quantitative estimate of drug-likeness (QED) is 0.750. The largest absolute Gasteiger partial charge is 0.306 e. The van der Waals surface area contributed by atoms with E-state index in [1.807, 2.05) is 69.6 Å². The monoisotopic (exact) mass is 293 g/mol. The van der Waals surface area contributed by atoms with Crippen molar-refractivity contribution in [2.45, 2.75) is 13.3 Å². The Kier molecular flexibility index (Phi) is 5.68. The van der Waals surface area contributed by atoms with E-state index in [4.69, 9.17) is 0 Å².